The van der Waals surface area contributed by atoms with Crippen molar-refractivity contribution in [2.45, 2.75) is 82.2 Å². The highest BCUT2D eigenvalue weighted by molar-refractivity contribution is 6.72. The van der Waals surface area contributed by atoms with Crippen LogP contribution in [0.5, 0.6) is 11.5 Å². The lowest BCUT2D eigenvalue weighted by Gasteiger charge is -2.45. The van der Waals surface area contributed by atoms with E-state index in [1.807, 2.05) is 0 Å². The molecule has 2 saturated carbocycles. The van der Waals surface area contributed by atoms with Crippen molar-refractivity contribution >= 4 is 8.56 Å². The highest BCUT2D eigenvalue weighted by atomic mass is 28.4. The van der Waals surface area contributed by atoms with Gasteiger partial charge in [0.1, 0.15) is 11.5 Å². The van der Waals surface area contributed by atoms with Crippen LogP contribution in [0.3, 0.4) is 0 Å². The van der Waals surface area contributed by atoms with Gasteiger partial charge in [0.25, 0.3) is 0 Å². The highest BCUT2D eigenvalue weighted by Gasteiger charge is 2.56. The molecule has 0 aromatic heterocycles. The van der Waals surface area contributed by atoms with E-state index >= 15 is 0 Å². The van der Waals surface area contributed by atoms with Crippen LogP contribution in [0.25, 0.3) is 0 Å². The molecule has 0 unspecified atom stereocenters. The first-order valence-corrected chi connectivity index (χ1v) is 13.2. The Morgan fingerprint density at radius 3 is 1.57 bits per heavy atom. The number of benzene rings is 2. The van der Waals surface area contributed by atoms with Gasteiger partial charge in [-0.15, -0.1) is 0 Å². The molecule has 0 atom stereocenters. The molecule has 2 fully saturated rings. The van der Waals surface area contributed by atoms with Crippen LogP contribution in [0.2, 0.25) is 11.1 Å². The number of para-hydroxylation sites is 1. The number of hydrogen-bond donors (Lipinski definition) is 0. The summed E-state index contributed by atoms with van der Waals surface area (Å²) in [4.78, 5) is 0. The van der Waals surface area contributed by atoms with E-state index in [0.717, 1.165) is 11.5 Å². The lowest BCUT2D eigenvalue weighted by molar-refractivity contribution is 0.290. The lowest BCUT2D eigenvalue weighted by Crippen LogP contribution is -2.57. The minimum atomic E-state index is -2.49. The van der Waals surface area contributed by atoms with Crippen LogP contribution in [0.15, 0.2) is 54.6 Å². The van der Waals surface area contributed by atoms with Crippen molar-refractivity contribution < 1.29 is 8.85 Å². The van der Waals surface area contributed by atoms with Gasteiger partial charge in [-0.05, 0) is 56.9 Å². The van der Waals surface area contributed by atoms with Crippen molar-refractivity contribution in [1.29, 1.82) is 0 Å². The van der Waals surface area contributed by atoms with E-state index in [0.29, 0.717) is 11.1 Å². The monoisotopic (exact) mass is 394 g/mol. The standard InChI is InChI=1S/C25H34O2Si/c1-21-17-19-23(20-18-21)27-28(24-13-7-3-8-14-24,25-15-9-4-10-16-25)26-22-11-5-2-6-12-22/h2,5-6,11-12,17-20,24-25H,3-4,7-10,13-16H2,1H3. The number of aryl methyl sites for hydroxylation is 1. The second-order valence-corrected chi connectivity index (χ2v) is 12.2. The zero-order valence-electron chi connectivity index (χ0n) is 17.2. The Labute approximate surface area is 171 Å². The molecule has 3 heteroatoms. The summed E-state index contributed by atoms with van der Waals surface area (Å²) in [7, 11) is -2.49. The van der Waals surface area contributed by atoms with Crippen LogP contribution in [0.1, 0.15) is 69.8 Å². The third-order valence-electron chi connectivity index (χ3n) is 6.67. The van der Waals surface area contributed by atoms with Gasteiger partial charge in [0, 0.05) is 11.1 Å². The Morgan fingerprint density at radius 2 is 1.07 bits per heavy atom. The molecule has 0 aliphatic heterocycles. The second kappa shape index (κ2) is 9.17. The predicted molar refractivity (Wildman–Crippen MR) is 118 cm³/mol. The molecule has 0 bridgehead atoms. The first kappa shape index (κ1) is 19.6. The Balaban J connectivity index is 1.73. The largest absolute Gasteiger partial charge is 0.512 e. The number of rotatable bonds is 6. The fourth-order valence-corrected chi connectivity index (χ4v) is 9.97. The average molecular weight is 395 g/mol. The van der Waals surface area contributed by atoms with E-state index in [-0.39, 0.29) is 0 Å². The summed E-state index contributed by atoms with van der Waals surface area (Å²) in [6.07, 6.45) is 13.1. The van der Waals surface area contributed by atoms with Gasteiger partial charge in [0.2, 0.25) is 0 Å². The normalized spacial score (nSPS) is 19.3. The zero-order valence-corrected chi connectivity index (χ0v) is 18.2. The van der Waals surface area contributed by atoms with Gasteiger partial charge in [-0.2, -0.15) is 0 Å². The predicted octanol–water partition coefficient (Wildman–Crippen LogP) is 7.56. The molecule has 0 spiro atoms. The van der Waals surface area contributed by atoms with E-state index in [1.54, 1.807) is 0 Å². The molecule has 2 aromatic carbocycles. The van der Waals surface area contributed by atoms with Crippen LogP contribution in [-0.4, -0.2) is 8.56 Å². The van der Waals surface area contributed by atoms with E-state index in [4.69, 9.17) is 8.85 Å². The van der Waals surface area contributed by atoms with E-state index in [2.05, 4.69) is 61.5 Å². The summed E-state index contributed by atoms with van der Waals surface area (Å²) >= 11 is 0. The smallest absolute Gasteiger partial charge is 0.466 e. The third-order valence-corrected chi connectivity index (χ3v) is 11.2. The van der Waals surface area contributed by atoms with Crippen LogP contribution >= 0.6 is 0 Å². The molecule has 2 aliphatic rings. The molecule has 0 saturated heterocycles. The van der Waals surface area contributed by atoms with Crippen LogP contribution < -0.4 is 8.85 Å². The molecular weight excluding hydrogens is 360 g/mol. The van der Waals surface area contributed by atoms with E-state index in [9.17, 15) is 0 Å². The number of hydrogen-bond acceptors (Lipinski definition) is 2. The summed E-state index contributed by atoms with van der Waals surface area (Å²) < 4.78 is 14.1. The third kappa shape index (κ3) is 4.46. The Hall–Kier alpha value is -1.74. The zero-order chi connectivity index (χ0) is 19.2. The summed E-state index contributed by atoms with van der Waals surface area (Å²) in [5.74, 6) is 2.00. The van der Waals surface area contributed by atoms with Gasteiger partial charge in [-0.25, -0.2) is 0 Å². The van der Waals surface area contributed by atoms with Crippen LogP contribution in [0, 0.1) is 6.92 Å². The maximum Gasteiger partial charge on any atom is 0.466 e. The molecule has 0 heterocycles. The van der Waals surface area contributed by atoms with Crippen LogP contribution in [-0.2, 0) is 0 Å². The second-order valence-electron chi connectivity index (χ2n) is 8.72. The molecule has 4 rings (SSSR count). The van der Waals surface area contributed by atoms with Crippen molar-refractivity contribution in [3.8, 4) is 11.5 Å². The highest BCUT2D eigenvalue weighted by Crippen LogP contribution is 2.49. The van der Waals surface area contributed by atoms with Gasteiger partial charge >= 0.3 is 8.56 Å². The fourth-order valence-electron chi connectivity index (χ4n) is 5.16. The van der Waals surface area contributed by atoms with Crippen molar-refractivity contribution in [2.24, 2.45) is 0 Å². The minimum Gasteiger partial charge on any atom is -0.512 e. The van der Waals surface area contributed by atoms with E-state index < -0.39 is 8.56 Å². The molecule has 2 aromatic rings. The summed E-state index contributed by atoms with van der Waals surface area (Å²) in [5, 5.41) is 0. The van der Waals surface area contributed by atoms with Gasteiger partial charge in [-0.3, -0.25) is 0 Å². The molecular formula is C25H34O2Si. The van der Waals surface area contributed by atoms with Gasteiger partial charge in [0.15, 0.2) is 0 Å². The van der Waals surface area contributed by atoms with E-state index in [1.165, 1.54) is 69.8 Å². The molecule has 0 N–H and O–H groups in total. The topological polar surface area (TPSA) is 18.5 Å². The maximum atomic E-state index is 7.06. The summed E-state index contributed by atoms with van der Waals surface area (Å²) in [6, 6.07) is 19.1. The summed E-state index contributed by atoms with van der Waals surface area (Å²) in [6.45, 7) is 2.14. The van der Waals surface area contributed by atoms with Crippen LogP contribution in [0.4, 0.5) is 0 Å². The molecule has 150 valence electrons. The molecule has 28 heavy (non-hydrogen) atoms. The molecule has 0 radical (unpaired) electrons. The molecule has 2 nitrogen and oxygen atoms in total. The Bertz CT molecular complexity index is 698. The van der Waals surface area contributed by atoms with Gasteiger partial charge in [-0.1, -0.05) is 74.4 Å². The summed E-state index contributed by atoms with van der Waals surface area (Å²) in [5.41, 5.74) is 2.45. The average Bonchev–Trinajstić information content (AvgIpc) is 2.77. The minimum absolute atomic E-state index is 0.589. The molecule has 2 aliphatic carbocycles. The van der Waals surface area contributed by atoms with Crippen molar-refractivity contribution in [1.82, 2.24) is 0 Å². The maximum absolute atomic E-state index is 7.06. The Morgan fingerprint density at radius 1 is 0.607 bits per heavy atom. The lowest BCUT2D eigenvalue weighted by atomic mass is 9.99. The van der Waals surface area contributed by atoms with Gasteiger partial charge < -0.3 is 8.85 Å². The quantitative estimate of drug-likeness (QED) is 0.470. The fraction of sp³-hybridized carbons (Fsp3) is 0.520. The van der Waals surface area contributed by atoms with Gasteiger partial charge in [0.05, 0.1) is 0 Å². The molecule has 0 amide bonds. The van der Waals surface area contributed by atoms with Crippen molar-refractivity contribution in [2.75, 3.05) is 0 Å². The first-order valence-electron chi connectivity index (χ1n) is 11.3. The SMILES string of the molecule is Cc1ccc(O[Si](Oc2ccccc2)(C2CCCCC2)C2CCCCC2)cc1. The first-order chi connectivity index (χ1) is 13.8. The Kier molecular flexibility index (Phi) is 6.41. The van der Waals surface area contributed by atoms with Crippen molar-refractivity contribution in [3.05, 3.63) is 60.2 Å². The van der Waals surface area contributed by atoms with Crippen molar-refractivity contribution in [3.63, 3.8) is 0 Å².